The third kappa shape index (κ3) is 14.4. The highest BCUT2D eigenvalue weighted by molar-refractivity contribution is 6.18. The first-order chi connectivity index (χ1) is 35.3. The third-order valence-corrected chi connectivity index (χ3v) is 14.9. The number of carbonyl (C=O) groups excluding carboxylic acids is 2. The molecule has 7 atom stereocenters. The number of benzene rings is 2. The number of ether oxygens (including phenoxy) is 7. The summed E-state index contributed by atoms with van der Waals surface area (Å²) >= 11 is 6.16. The summed E-state index contributed by atoms with van der Waals surface area (Å²) in [5.41, 5.74) is 3.07. The summed E-state index contributed by atoms with van der Waals surface area (Å²) in [4.78, 5) is 36.2. The molecule has 16 heteroatoms. The van der Waals surface area contributed by atoms with Gasteiger partial charge in [0.2, 0.25) is 18.9 Å². The molecule has 2 aliphatic carbocycles. The fraction of sp³-hybridized carbons (Fsp3) is 0.661. The molecule has 1 unspecified atom stereocenters. The van der Waals surface area contributed by atoms with E-state index in [1.165, 1.54) is 44.9 Å². The van der Waals surface area contributed by atoms with Crippen LogP contribution in [-0.2, 0) is 25.6 Å². The molecule has 15 nitrogen and oxygen atoms in total. The second-order valence-electron chi connectivity index (χ2n) is 19.8. The van der Waals surface area contributed by atoms with E-state index >= 15 is 0 Å². The van der Waals surface area contributed by atoms with Gasteiger partial charge >= 0.3 is 12.2 Å². The Bertz CT molecular complexity index is 2100. The number of fused-ring (bicyclic) bond motifs is 3. The number of oxime groups is 1. The first-order valence-electron chi connectivity index (χ1n) is 27.0. The molecule has 0 radical (unpaired) electrons. The van der Waals surface area contributed by atoms with Gasteiger partial charge < -0.3 is 53.5 Å². The normalized spacial score (nSPS) is 24.3. The maximum absolute atomic E-state index is 14.8. The van der Waals surface area contributed by atoms with Crippen LogP contribution in [0.1, 0.15) is 152 Å². The number of unbranched alkanes of at least 4 members (excludes halogenated alkanes) is 11. The quantitative estimate of drug-likeness (QED) is 0.0293. The number of nitrogens with one attached hydrogen (secondary N) is 1. The molecule has 3 aliphatic heterocycles. The Hall–Kier alpha value is -4.54. The Morgan fingerprint density at radius 1 is 0.917 bits per heavy atom. The number of nitrogens with zero attached hydrogens (tertiary/aromatic N) is 2. The van der Waals surface area contributed by atoms with Crippen molar-refractivity contribution in [2.45, 2.75) is 166 Å². The van der Waals surface area contributed by atoms with E-state index in [0.29, 0.717) is 61.1 Å². The van der Waals surface area contributed by atoms with E-state index in [2.05, 4.69) is 24.9 Å². The van der Waals surface area contributed by atoms with Gasteiger partial charge in [0.05, 0.1) is 30.7 Å². The summed E-state index contributed by atoms with van der Waals surface area (Å²) in [6.45, 7) is 7.70. The van der Waals surface area contributed by atoms with Crippen molar-refractivity contribution < 1.29 is 57.8 Å². The molecule has 3 heterocycles. The number of carbonyl (C=O) groups is 2. The summed E-state index contributed by atoms with van der Waals surface area (Å²) in [5.74, 6) is -0.414. The zero-order valence-electron chi connectivity index (χ0n) is 42.5. The molecule has 72 heavy (non-hydrogen) atoms. The number of halogens is 1. The van der Waals surface area contributed by atoms with Gasteiger partial charge in [0.1, 0.15) is 24.1 Å². The minimum Gasteiger partial charge on any atom is -0.459 e. The van der Waals surface area contributed by atoms with Crippen LogP contribution < -0.4 is 24.3 Å². The number of rotatable bonds is 30. The van der Waals surface area contributed by atoms with E-state index in [4.69, 9.17) is 54.8 Å². The van der Waals surface area contributed by atoms with E-state index < -0.39 is 36.2 Å². The predicted molar refractivity (Wildman–Crippen MR) is 276 cm³/mol. The van der Waals surface area contributed by atoms with Crippen molar-refractivity contribution in [3.63, 3.8) is 0 Å². The molecule has 2 aromatic carbocycles. The van der Waals surface area contributed by atoms with E-state index in [-0.39, 0.29) is 69.8 Å². The van der Waals surface area contributed by atoms with Crippen LogP contribution >= 0.6 is 11.6 Å². The summed E-state index contributed by atoms with van der Waals surface area (Å²) < 4.78 is 43.9. The van der Waals surface area contributed by atoms with Crippen molar-refractivity contribution in [3.8, 4) is 23.0 Å². The SMILES string of the molecule is C=CCO[C@@]12Oc3ccc(OC(=O)NCCCCCCCCCCCC)cc3[C@H]3[C@H](CCCCO)[C@@H](CCCCO)C=C(C(=NOC4CCCCO4)C[C@@H]1N(Cc1ccc4c(c1)OCO4)C(=O)OCCCl)[C@H]32. The molecule has 2 amide bonds. The maximum atomic E-state index is 14.8. The van der Waals surface area contributed by atoms with Crippen molar-refractivity contribution in [1.29, 1.82) is 0 Å². The Morgan fingerprint density at radius 3 is 2.40 bits per heavy atom. The average Bonchev–Trinajstić information content (AvgIpc) is 3.87. The largest absolute Gasteiger partial charge is 0.459 e. The van der Waals surface area contributed by atoms with E-state index in [1.54, 1.807) is 17.0 Å². The topological polar surface area (TPSA) is 176 Å². The van der Waals surface area contributed by atoms with Crippen LogP contribution in [0.4, 0.5) is 9.59 Å². The predicted octanol–water partition coefficient (Wildman–Crippen LogP) is 11.5. The molecule has 0 spiro atoms. The van der Waals surface area contributed by atoms with E-state index in [1.807, 2.05) is 30.3 Å². The number of allylic oxidation sites excluding steroid dienone is 1. The van der Waals surface area contributed by atoms with Gasteiger partial charge in [-0.3, -0.25) is 4.90 Å². The zero-order valence-corrected chi connectivity index (χ0v) is 43.3. The van der Waals surface area contributed by atoms with Crippen molar-refractivity contribution in [2.75, 3.05) is 52.3 Å². The van der Waals surface area contributed by atoms with Crippen LogP contribution in [0.25, 0.3) is 0 Å². The van der Waals surface area contributed by atoms with Crippen molar-refractivity contribution in [2.24, 2.45) is 22.9 Å². The lowest BCUT2D eigenvalue weighted by Gasteiger charge is -2.59. The van der Waals surface area contributed by atoms with Crippen molar-refractivity contribution in [3.05, 3.63) is 71.8 Å². The standard InChI is InChI=1S/C56H80ClN3O12/c1-3-5-6-7-8-9-10-11-12-16-28-58-54(63)70-42-24-26-47-45(36-42)52-43(21-14-18-30-62)41(20-13-17-29-61)35-44-46(59-72-51-22-15-19-32-65-51)37-50(56(71-47,53(44)52)69-31-4-2)60(55(64)66-33-27-57)38-40-23-25-48-49(34-40)68-39-67-48/h4,23-26,34-36,41,43,50-53,61-62H,2-3,5-22,27-33,37-39H2,1H3,(H,58,63)/t41-,43+,50-,51?,52+,53+,56+/m0/s1. The monoisotopic (exact) mass is 1020 g/mol. The maximum Gasteiger partial charge on any atom is 0.412 e. The number of hydrogen-bond acceptors (Lipinski definition) is 13. The van der Waals surface area contributed by atoms with Crippen molar-refractivity contribution in [1.82, 2.24) is 10.2 Å². The summed E-state index contributed by atoms with van der Waals surface area (Å²) in [5, 5.41) is 28.0. The van der Waals surface area contributed by atoms with Crippen LogP contribution in [0.5, 0.6) is 23.0 Å². The molecule has 0 bridgehead atoms. The number of alkyl halides is 1. The first kappa shape index (κ1) is 55.2. The van der Waals surface area contributed by atoms with Crippen LogP contribution in [-0.4, -0.2) is 103 Å². The Morgan fingerprint density at radius 2 is 1.67 bits per heavy atom. The minimum atomic E-state index is -1.56. The van der Waals surface area contributed by atoms with Gasteiger partial charge in [-0.05, 0) is 98.2 Å². The number of hydrogen-bond donors (Lipinski definition) is 3. The van der Waals surface area contributed by atoms with Gasteiger partial charge in [0, 0.05) is 50.6 Å². The summed E-state index contributed by atoms with van der Waals surface area (Å²) in [6.07, 6.45) is 21.3. The highest BCUT2D eigenvalue weighted by atomic mass is 35.5. The fourth-order valence-electron chi connectivity index (χ4n) is 11.3. The van der Waals surface area contributed by atoms with Gasteiger partial charge in [-0.2, -0.15) is 0 Å². The van der Waals surface area contributed by atoms with Gasteiger partial charge in [-0.15, -0.1) is 18.2 Å². The van der Waals surface area contributed by atoms with Gasteiger partial charge in [0.15, 0.2) is 11.5 Å². The highest BCUT2D eigenvalue weighted by Gasteiger charge is 2.66. The summed E-state index contributed by atoms with van der Waals surface area (Å²) in [6, 6.07) is 10.2. The molecule has 1 saturated heterocycles. The molecule has 2 fully saturated rings. The van der Waals surface area contributed by atoms with Gasteiger partial charge in [0.25, 0.3) is 0 Å². The Balaban J connectivity index is 1.28. The Kier molecular flexibility index (Phi) is 22.1. The van der Waals surface area contributed by atoms with Gasteiger partial charge in [-0.1, -0.05) is 101 Å². The van der Waals surface area contributed by atoms with Crippen LogP contribution in [0.15, 0.2) is 65.9 Å². The lowest BCUT2D eigenvalue weighted by molar-refractivity contribution is -0.256. The molecule has 398 valence electrons. The zero-order chi connectivity index (χ0) is 50.5. The average molecular weight is 1020 g/mol. The molecule has 2 aromatic rings. The minimum absolute atomic E-state index is 0.00502. The highest BCUT2D eigenvalue weighted by Crippen LogP contribution is 2.62. The first-order valence-corrected chi connectivity index (χ1v) is 27.6. The van der Waals surface area contributed by atoms with Crippen LogP contribution in [0.3, 0.4) is 0 Å². The molecule has 3 N–H and O–H groups in total. The lowest BCUT2D eigenvalue weighted by Crippen LogP contribution is -2.70. The molecular formula is C56H80ClN3O12. The molecular weight excluding hydrogens is 942 g/mol. The van der Waals surface area contributed by atoms with E-state index in [0.717, 1.165) is 74.5 Å². The number of amides is 2. The molecule has 5 aliphatic rings. The molecule has 0 aromatic heterocycles. The Labute approximate surface area is 431 Å². The molecule has 1 saturated carbocycles. The smallest absolute Gasteiger partial charge is 0.412 e. The van der Waals surface area contributed by atoms with Crippen LogP contribution in [0.2, 0.25) is 0 Å². The fourth-order valence-corrected chi connectivity index (χ4v) is 11.4. The van der Waals surface area contributed by atoms with E-state index in [9.17, 15) is 19.8 Å². The van der Waals surface area contributed by atoms with Crippen LogP contribution in [0, 0.1) is 17.8 Å². The number of aliphatic hydroxyl groups excluding tert-OH is 2. The lowest BCUT2D eigenvalue weighted by atomic mass is 9.55. The van der Waals surface area contributed by atoms with Gasteiger partial charge in [-0.25, -0.2) is 9.59 Å². The second kappa shape index (κ2) is 28.8. The number of aliphatic hydroxyl groups is 2. The third-order valence-electron chi connectivity index (χ3n) is 14.8. The summed E-state index contributed by atoms with van der Waals surface area (Å²) in [7, 11) is 0. The second-order valence-corrected chi connectivity index (χ2v) is 20.2. The molecule has 7 rings (SSSR count). The van der Waals surface area contributed by atoms with Crippen molar-refractivity contribution >= 4 is 29.5 Å².